The molecular weight excluding hydrogens is 190 g/mol. The van der Waals surface area contributed by atoms with Crippen molar-refractivity contribution in [3.8, 4) is 0 Å². The van der Waals surface area contributed by atoms with Crippen LogP contribution in [0.3, 0.4) is 0 Å². The summed E-state index contributed by atoms with van der Waals surface area (Å²) in [6.07, 6.45) is 5.05. The summed E-state index contributed by atoms with van der Waals surface area (Å²) in [5, 5.41) is 9.16. The van der Waals surface area contributed by atoms with Crippen molar-refractivity contribution in [2.75, 3.05) is 13.1 Å². The van der Waals surface area contributed by atoms with Crippen molar-refractivity contribution in [2.24, 2.45) is 0 Å². The van der Waals surface area contributed by atoms with Gasteiger partial charge in [-0.15, -0.1) is 0 Å². The van der Waals surface area contributed by atoms with Crippen molar-refractivity contribution in [1.29, 1.82) is 0 Å². The summed E-state index contributed by atoms with van der Waals surface area (Å²) in [7, 11) is 0. The second kappa shape index (κ2) is 8.72. The Morgan fingerprint density at radius 1 is 1.20 bits per heavy atom. The lowest BCUT2D eigenvalue weighted by molar-refractivity contribution is -0.143. The van der Waals surface area contributed by atoms with Gasteiger partial charge in [-0.1, -0.05) is 40.0 Å². The van der Waals surface area contributed by atoms with Crippen LogP contribution in [0.1, 0.15) is 52.9 Å². The Kier molecular flexibility index (Phi) is 8.38. The Balaban J connectivity index is 4.20. The van der Waals surface area contributed by atoms with Crippen LogP contribution in [-0.2, 0) is 4.79 Å². The molecule has 0 rings (SSSR count). The first kappa shape index (κ1) is 14.4. The summed E-state index contributed by atoms with van der Waals surface area (Å²) < 4.78 is 0. The van der Waals surface area contributed by atoms with E-state index in [1.165, 1.54) is 0 Å². The topological polar surface area (TPSA) is 40.5 Å². The monoisotopic (exact) mass is 215 g/mol. The van der Waals surface area contributed by atoms with E-state index in [2.05, 4.69) is 18.7 Å². The van der Waals surface area contributed by atoms with E-state index in [0.717, 1.165) is 45.2 Å². The molecule has 0 aliphatic rings. The van der Waals surface area contributed by atoms with Crippen molar-refractivity contribution in [3.63, 3.8) is 0 Å². The molecule has 0 aromatic heterocycles. The van der Waals surface area contributed by atoms with E-state index in [1.807, 2.05) is 6.92 Å². The van der Waals surface area contributed by atoms with Crippen LogP contribution < -0.4 is 0 Å². The van der Waals surface area contributed by atoms with Crippen molar-refractivity contribution in [1.82, 2.24) is 4.90 Å². The zero-order valence-corrected chi connectivity index (χ0v) is 10.3. The van der Waals surface area contributed by atoms with E-state index < -0.39 is 5.97 Å². The fourth-order valence-corrected chi connectivity index (χ4v) is 1.76. The highest BCUT2D eigenvalue weighted by molar-refractivity contribution is 5.73. The van der Waals surface area contributed by atoms with Gasteiger partial charge in [0.2, 0.25) is 0 Å². The highest BCUT2D eigenvalue weighted by Gasteiger charge is 2.22. The maximum Gasteiger partial charge on any atom is 0.320 e. The van der Waals surface area contributed by atoms with E-state index in [0.29, 0.717) is 0 Å². The summed E-state index contributed by atoms with van der Waals surface area (Å²) >= 11 is 0. The Morgan fingerprint density at radius 3 is 2.20 bits per heavy atom. The summed E-state index contributed by atoms with van der Waals surface area (Å²) in [4.78, 5) is 13.2. The van der Waals surface area contributed by atoms with Crippen LogP contribution in [-0.4, -0.2) is 35.1 Å². The highest BCUT2D eigenvalue weighted by atomic mass is 16.4. The van der Waals surface area contributed by atoms with E-state index in [9.17, 15) is 4.79 Å². The molecule has 0 heterocycles. The number of unbranched alkanes of at least 4 members (excludes halogenated alkanes) is 2. The van der Waals surface area contributed by atoms with Gasteiger partial charge in [-0.2, -0.15) is 0 Å². The lowest BCUT2D eigenvalue weighted by Gasteiger charge is -2.27. The molecule has 0 amide bonds. The number of hydrogen-bond acceptors (Lipinski definition) is 2. The smallest absolute Gasteiger partial charge is 0.320 e. The van der Waals surface area contributed by atoms with Crippen LogP contribution in [0.4, 0.5) is 0 Å². The van der Waals surface area contributed by atoms with Crippen LogP contribution in [0.5, 0.6) is 0 Å². The van der Waals surface area contributed by atoms with Gasteiger partial charge in [-0.3, -0.25) is 9.69 Å². The minimum atomic E-state index is -0.665. The van der Waals surface area contributed by atoms with E-state index in [1.54, 1.807) is 0 Å². The number of carboxylic acids is 1. The predicted molar refractivity (Wildman–Crippen MR) is 63.1 cm³/mol. The third-order valence-electron chi connectivity index (χ3n) is 2.76. The van der Waals surface area contributed by atoms with E-state index >= 15 is 0 Å². The molecular formula is C12H25NO2. The lowest BCUT2D eigenvalue weighted by atomic mass is 10.1. The molecule has 3 nitrogen and oxygen atoms in total. The molecule has 15 heavy (non-hydrogen) atoms. The van der Waals surface area contributed by atoms with Gasteiger partial charge in [0.25, 0.3) is 0 Å². The number of likely N-dealkylation sites (N-methyl/N-ethyl adjacent to an activating group) is 1. The van der Waals surface area contributed by atoms with Crippen molar-refractivity contribution in [3.05, 3.63) is 0 Å². The molecule has 1 N–H and O–H groups in total. The standard InChI is InChI=1S/C12H25NO2/c1-4-7-9-11(12(14)15)13(6-3)10-8-5-2/h11H,4-10H2,1-3H3,(H,14,15). The first-order valence-electron chi connectivity index (χ1n) is 6.14. The molecule has 0 saturated carbocycles. The fraction of sp³-hybridized carbons (Fsp3) is 0.917. The summed E-state index contributed by atoms with van der Waals surface area (Å²) in [5.74, 6) is -0.665. The third kappa shape index (κ3) is 5.78. The first-order chi connectivity index (χ1) is 7.17. The van der Waals surface area contributed by atoms with Crippen LogP contribution >= 0.6 is 0 Å². The van der Waals surface area contributed by atoms with E-state index in [4.69, 9.17) is 5.11 Å². The summed E-state index contributed by atoms with van der Waals surface area (Å²) in [6.45, 7) is 8.02. The van der Waals surface area contributed by atoms with Crippen LogP contribution in [0.2, 0.25) is 0 Å². The molecule has 0 aliphatic carbocycles. The second-order valence-corrected chi connectivity index (χ2v) is 3.98. The molecule has 1 unspecified atom stereocenters. The molecule has 0 aromatic rings. The quantitative estimate of drug-likeness (QED) is 0.643. The number of nitrogens with zero attached hydrogens (tertiary/aromatic N) is 1. The third-order valence-corrected chi connectivity index (χ3v) is 2.76. The lowest BCUT2D eigenvalue weighted by Crippen LogP contribution is -2.41. The zero-order valence-electron chi connectivity index (χ0n) is 10.3. The molecule has 0 radical (unpaired) electrons. The number of aliphatic carboxylic acids is 1. The Hall–Kier alpha value is -0.570. The molecule has 0 aliphatic heterocycles. The normalized spacial score (nSPS) is 13.1. The highest BCUT2D eigenvalue weighted by Crippen LogP contribution is 2.10. The van der Waals surface area contributed by atoms with Gasteiger partial charge < -0.3 is 5.11 Å². The van der Waals surface area contributed by atoms with Gasteiger partial charge in [0.15, 0.2) is 0 Å². The van der Waals surface area contributed by atoms with Crippen molar-refractivity contribution >= 4 is 5.97 Å². The zero-order chi connectivity index (χ0) is 11.7. The Labute approximate surface area is 93.5 Å². The summed E-state index contributed by atoms with van der Waals surface area (Å²) in [6, 6.07) is -0.276. The number of rotatable bonds is 9. The molecule has 0 fully saturated rings. The van der Waals surface area contributed by atoms with Gasteiger partial charge in [0.05, 0.1) is 0 Å². The van der Waals surface area contributed by atoms with Gasteiger partial charge in [-0.25, -0.2) is 0 Å². The molecule has 3 heteroatoms. The second-order valence-electron chi connectivity index (χ2n) is 3.98. The van der Waals surface area contributed by atoms with Crippen molar-refractivity contribution in [2.45, 2.75) is 58.9 Å². The average molecular weight is 215 g/mol. The molecule has 0 bridgehead atoms. The number of hydrogen-bond donors (Lipinski definition) is 1. The molecule has 0 aromatic carbocycles. The molecule has 0 spiro atoms. The Bertz CT molecular complexity index is 171. The van der Waals surface area contributed by atoms with Crippen LogP contribution in [0.25, 0.3) is 0 Å². The largest absolute Gasteiger partial charge is 0.480 e. The van der Waals surface area contributed by atoms with Gasteiger partial charge >= 0.3 is 5.97 Å². The van der Waals surface area contributed by atoms with Crippen molar-refractivity contribution < 1.29 is 9.90 Å². The minimum absolute atomic E-state index is 0.276. The average Bonchev–Trinajstić information content (AvgIpc) is 2.22. The minimum Gasteiger partial charge on any atom is -0.480 e. The molecule has 90 valence electrons. The predicted octanol–water partition coefficient (Wildman–Crippen LogP) is 2.75. The van der Waals surface area contributed by atoms with Gasteiger partial charge in [0.1, 0.15) is 6.04 Å². The maximum absolute atomic E-state index is 11.1. The SMILES string of the molecule is CCCCC(C(=O)O)N(CC)CCCC. The van der Waals surface area contributed by atoms with Crippen LogP contribution in [0, 0.1) is 0 Å². The number of carbonyl (C=O) groups is 1. The van der Waals surface area contributed by atoms with Crippen LogP contribution in [0.15, 0.2) is 0 Å². The number of carboxylic acid groups (broad SMARTS) is 1. The summed E-state index contributed by atoms with van der Waals surface area (Å²) in [5.41, 5.74) is 0. The van der Waals surface area contributed by atoms with Gasteiger partial charge in [0, 0.05) is 0 Å². The Morgan fingerprint density at radius 2 is 1.80 bits per heavy atom. The first-order valence-corrected chi connectivity index (χ1v) is 6.14. The molecule has 1 atom stereocenters. The van der Waals surface area contributed by atoms with E-state index in [-0.39, 0.29) is 6.04 Å². The maximum atomic E-state index is 11.1. The van der Waals surface area contributed by atoms with Gasteiger partial charge in [-0.05, 0) is 25.9 Å². The fourth-order valence-electron chi connectivity index (χ4n) is 1.76. The molecule has 0 saturated heterocycles.